The molecule has 0 aromatic carbocycles. The van der Waals surface area contributed by atoms with Gasteiger partial charge in [0.2, 0.25) is 5.91 Å². The first-order valence-corrected chi connectivity index (χ1v) is 7.15. The molecule has 2 heterocycles. The van der Waals surface area contributed by atoms with Crippen molar-refractivity contribution in [3.05, 3.63) is 0 Å². The van der Waals surface area contributed by atoms with Crippen LogP contribution in [-0.2, 0) is 4.79 Å². The smallest absolute Gasteiger partial charge is 0.222 e. The van der Waals surface area contributed by atoms with E-state index >= 15 is 0 Å². The normalized spacial score (nSPS) is 30.3. The van der Waals surface area contributed by atoms with Crippen LogP contribution < -0.4 is 5.32 Å². The molecular weight excluding hydrogens is 212 g/mol. The Morgan fingerprint density at radius 1 is 1.47 bits per heavy atom. The van der Waals surface area contributed by atoms with Gasteiger partial charge in [-0.05, 0) is 50.1 Å². The van der Waals surface area contributed by atoms with Crippen LogP contribution in [0.2, 0.25) is 0 Å². The number of nitrogens with one attached hydrogen (secondary N) is 1. The van der Waals surface area contributed by atoms with Crippen LogP contribution in [0, 0.1) is 17.8 Å². The molecule has 98 valence electrons. The lowest BCUT2D eigenvalue weighted by molar-refractivity contribution is -0.127. The Morgan fingerprint density at radius 2 is 2.29 bits per heavy atom. The van der Waals surface area contributed by atoms with Crippen molar-refractivity contribution >= 4 is 5.91 Å². The molecule has 3 heteroatoms. The molecule has 3 nitrogen and oxygen atoms in total. The maximum atomic E-state index is 11.9. The van der Waals surface area contributed by atoms with E-state index in [1.165, 1.54) is 25.8 Å². The van der Waals surface area contributed by atoms with Gasteiger partial charge >= 0.3 is 0 Å². The van der Waals surface area contributed by atoms with Gasteiger partial charge in [0, 0.05) is 19.5 Å². The van der Waals surface area contributed by atoms with E-state index in [2.05, 4.69) is 24.1 Å². The quantitative estimate of drug-likeness (QED) is 0.811. The minimum Gasteiger partial charge on any atom is -0.342 e. The number of carbonyl (C=O) groups excluding carboxylic acids is 1. The molecule has 2 unspecified atom stereocenters. The SMILES string of the molecule is CC(C)C1CC(=O)N(CCC2CCCNC2)C1. The van der Waals surface area contributed by atoms with E-state index in [0.717, 1.165) is 32.0 Å². The average Bonchev–Trinajstić information content (AvgIpc) is 2.70. The number of amides is 1. The Balaban J connectivity index is 1.73. The van der Waals surface area contributed by atoms with Crippen LogP contribution in [0.4, 0.5) is 0 Å². The van der Waals surface area contributed by atoms with Crippen LogP contribution in [-0.4, -0.2) is 37.0 Å². The second-order valence-electron chi connectivity index (χ2n) is 6.05. The first-order valence-electron chi connectivity index (χ1n) is 7.15. The molecule has 0 aliphatic carbocycles. The van der Waals surface area contributed by atoms with E-state index < -0.39 is 0 Å². The molecule has 2 saturated heterocycles. The fourth-order valence-electron chi connectivity index (χ4n) is 2.97. The second-order valence-corrected chi connectivity index (χ2v) is 6.05. The fraction of sp³-hybridized carbons (Fsp3) is 0.929. The van der Waals surface area contributed by atoms with Crippen LogP contribution in [0.3, 0.4) is 0 Å². The van der Waals surface area contributed by atoms with Crippen LogP contribution in [0.15, 0.2) is 0 Å². The summed E-state index contributed by atoms with van der Waals surface area (Å²) >= 11 is 0. The van der Waals surface area contributed by atoms with Crippen molar-refractivity contribution in [1.82, 2.24) is 10.2 Å². The Morgan fingerprint density at radius 3 is 2.88 bits per heavy atom. The van der Waals surface area contributed by atoms with Gasteiger partial charge in [-0.1, -0.05) is 13.8 Å². The molecular formula is C14H26N2O. The average molecular weight is 238 g/mol. The molecule has 0 bridgehead atoms. The predicted octanol–water partition coefficient (Wildman–Crippen LogP) is 1.88. The van der Waals surface area contributed by atoms with Gasteiger partial charge in [0.1, 0.15) is 0 Å². The molecule has 0 spiro atoms. The summed E-state index contributed by atoms with van der Waals surface area (Å²) in [6, 6.07) is 0. The number of carbonyl (C=O) groups is 1. The van der Waals surface area contributed by atoms with E-state index in [4.69, 9.17) is 0 Å². The highest BCUT2D eigenvalue weighted by atomic mass is 16.2. The summed E-state index contributed by atoms with van der Waals surface area (Å²) in [5.74, 6) is 2.40. The van der Waals surface area contributed by atoms with Crippen molar-refractivity contribution < 1.29 is 4.79 Å². The first kappa shape index (κ1) is 12.9. The number of hydrogen-bond acceptors (Lipinski definition) is 2. The van der Waals surface area contributed by atoms with E-state index in [0.29, 0.717) is 17.7 Å². The monoisotopic (exact) mass is 238 g/mol. The largest absolute Gasteiger partial charge is 0.342 e. The topological polar surface area (TPSA) is 32.3 Å². The van der Waals surface area contributed by atoms with Crippen molar-refractivity contribution in [1.29, 1.82) is 0 Å². The van der Waals surface area contributed by atoms with Crippen molar-refractivity contribution in [3.63, 3.8) is 0 Å². The van der Waals surface area contributed by atoms with E-state index in [9.17, 15) is 4.79 Å². The van der Waals surface area contributed by atoms with Gasteiger partial charge in [-0.25, -0.2) is 0 Å². The number of hydrogen-bond donors (Lipinski definition) is 1. The van der Waals surface area contributed by atoms with Crippen LogP contribution >= 0.6 is 0 Å². The van der Waals surface area contributed by atoms with Gasteiger partial charge in [-0.2, -0.15) is 0 Å². The summed E-state index contributed by atoms with van der Waals surface area (Å²) in [4.78, 5) is 14.0. The summed E-state index contributed by atoms with van der Waals surface area (Å²) in [5, 5.41) is 3.44. The zero-order valence-corrected chi connectivity index (χ0v) is 11.2. The lowest BCUT2D eigenvalue weighted by Gasteiger charge is -2.25. The lowest BCUT2D eigenvalue weighted by atomic mass is 9.95. The molecule has 17 heavy (non-hydrogen) atoms. The van der Waals surface area contributed by atoms with E-state index in [1.54, 1.807) is 0 Å². The molecule has 2 atom stereocenters. The zero-order chi connectivity index (χ0) is 12.3. The number of piperidine rings is 1. The van der Waals surface area contributed by atoms with Crippen molar-refractivity contribution in [3.8, 4) is 0 Å². The minimum atomic E-state index is 0.382. The predicted molar refractivity (Wildman–Crippen MR) is 69.7 cm³/mol. The highest BCUT2D eigenvalue weighted by Gasteiger charge is 2.31. The summed E-state index contributed by atoms with van der Waals surface area (Å²) < 4.78 is 0. The second kappa shape index (κ2) is 5.85. The zero-order valence-electron chi connectivity index (χ0n) is 11.2. The summed E-state index contributed by atoms with van der Waals surface area (Å²) in [6.07, 6.45) is 4.60. The van der Waals surface area contributed by atoms with Gasteiger partial charge in [-0.15, -0.1) is 0 Å². The maximum absolute atomic E-state index is 11.9. The third kappa shape index (κ3) is 3.44. The van der Waals surface area contributed by atoms with Crippen molar-refractivity contribution in [2.75, 3.05) is 26.2 Å². The summed E-state index contributed by atoms with van der Waals surface area (Å²) in [6.45, 7) is 8.76. The lowest BCUT2D eigenvalue weighted by Crippen LogP contribution is -2.34. The number of rotatable bonds is 4. The molecule has 1 amide bonds. The van der Waals surface area contributed by atoms with Crippen molar-refractivity contribution in [2.45, 2.75) is 39.5 Å². The molecule has 1 N–H and O–H groups in total. The number of likely N-dealkylation sites (tertiary alicyclic amines) is 1. The summed E-state index contributed by atoms with van der Waals surface area (Å²) in [5.41, 5.74) is 0. The van der Waals surface area contributed by atoms with Crippen molar-refractivity contribution in [2.24, 2.45) is 17.8 Å². The van der Waals surface area contributed by atoms with Gasteiger partial charge < -0.3 is 10.2 Å². The van der Waals surface area contributed by atoms with Gasteiger partial charge in [0.25, 0.3) is 0 Å². The van der Waals surface area contributed by atoms with Crippen LogP contribution in [0.25, 0.3) is 0 Å². The third-order valence-corrected chi connectivity index (χ3v) is 4.39. The van der Waals surface area contributed by atoms with E-state index in [-0.39, 0.29) is 0 Å². The molecule has 2 aliphatic rings. The molecule has 2 aliphatic heterocycles. The molecule has 0 radical (unpaired) electrons. The maximum Gasteiger partial charge on any atom is 0.222 e. The van der Waals surface area contributed by atoms with Gasteiger partial charge in [-0.3, -0.25) is 4.79 Å². The highest BCUT2D eigenvalue weighted by Crippen LogP contribution is 2.25. The van der Waals surface area contributed by atoms with E-state index in [1.807, 2.05) is 0 Å². The first-order chi connectivity index (χ1) is 8.16. The van der Waals surface area contributed by atoms with Gasteiger partial charge in [0.05, 0.1) is 0 Å². The molecule has 0 aromatic heterocycles. The Labute approximate surface area is 105 Å². The Bertz CT molecular complexity index is 259. The van der Waals surface area contributed by atoms with Crippen LogP contribution in [0.5, 0.6) is 0 Å². The Hall–Kier alpha value is -0.570. The molecule has 2 fully saturated rings. The minimum absolute atomic E-state index is 0.382. The van der Waals surface area contributed by atoms with Crippen LogP contribution in [0.1, 0.15) is 39.5 Å². The number of nitrogens with zero attached hydrogens (tertiary/aromatic N) is 1. The highest BCUT2D eigenvalue weighted by molar-refractivity contribution is 5.78. The van der Waals surface area contributed by atoms with Gasteiger partial charge in [0.15, 0.2) is 0 Å². The third-order valence-electron chi connectivity index (χ3n) is 4.39. The molecule has 0 aromatic rings. The molecule has 0 saturated carbocycles. The molecule has 2 rings (SSSR count). The summed E-state index contributed by atoms with van der Waals surface area (Å²) in [7, 11) is 0. The standard InChI is InChI=1S/C14H26N2O/c1-11(2)13-8-14(17)16(10-13)7-5-12-4-3-6-15-9-12/h11-13,15H,3-10H2,1-2H3. The fourth-order valence-corrected chi connectivity index (χ4v) is 2.97. The Kier molecular flexibility index (Phi) is 4.43.